The van der Waals surface area contributed by atoms with Crippen LogP contribution in [0.5, 0.6) is 0 Å². The van der Waals surface area contributed by atoms with E-state index in [0.717, 1.165) is 6.42 Å². The van der Waals surface area contributed by atoms with Gasteiger partial charge >= 0.3 is 0 Å². The van der Waals surface area contributed by atoms with Crippen LogP contribution >= 0.6 is 11.6 Å². The maximum absolute atomic E-state index is 12.1. The molecule has 2 aromatic rings. The molecule has 0 saturated heterocycles. The molecule has 5 heteroatoms. The molecule has 0 atom stereocenters. The summed E-state index contributed by atoms with van der Waals surface area (Å²) < 4.78 is 26.8. The zero-order valence-electron chi connectivity index (χ0n) is 11.1. The quantitative estimate of drug-likeness (QED) is 0.912. The maximum atomic E-state index is 12.1. The first-order valence-electron chi connectivity index (χ1n) is 6.33. The number of nitrogens with one attached hydrogen (secondary N) is 1. The number of hydrogen-bond acceptors (Lipinski definition) is 2. The summed E-state index contributed by atoms with van der Waals surface area (Å²) in [7, 11) is -3.46. The summed E-state index contributed by atoms with van der Waals surface area (Å²) in [6.07, 6.45) is 0.923. The lowest BCUT2D eigenvalue weighted by Gasteiger charge is -2.09. The van der Waals surface area contributed by atoms with Crippen molar-refractivity contribution < 1.29 is 8.42 Å². The molecule has 2 rings (SSSR count). The summed E-state index contributed by atoms with van der Waals surface area (Å²) in [4.78, 5) is 0. The second-order valence-electron chi connectivity index (χ2n) is 4.50. The summed E-state index contributed by atoms with van der Waals surface area (Å²) in [5.74, 6) is -0.137. The maximum Gasteiger partial charge on any atom is 0.236 e. The number of hydrogen-bond donors (Lipinski definition) is 1. The van der Waals surface area contributed by atoms with E-state index in [2.05, 4.69) is 11.6 Å². The minimum Gasteiger partial charge on any atom is -0.283 e. The number of anilines is 1. The van der Waals surface area contributed by atoms with E-state index in [1.165, 1.54) is 5.56 Å². The van der Waals surface area contributed by atoms with Crippen molar-refractivity contribution in [2.24, 2.45) is 0 Å². The van der Waals surface area contributed by atoms with Gasteiger partial charge in [-0.1, -0.05) is 48.9 Å². The number of rotatable bonds is 5. The Kier molecular flexibility index (Phi) is 4.68. The van der Waals surface area contributed by atoms with Crippen molar-refractivity contribution in [3.8, 4) is 0 Å². The first-order chi connectivity index (χ1) is 9.50. The fourth-order valence-electron chi connectivity index (χ4n) is 1.84. The van der Waals surface area contributed by atoms with E-state index >= 15 is 0 Å². The van der Waals surface area contributed by atoms with E-state index in [-0.39, 0.29) is 5.75 Å². The Morgan fingerprint density at radius 2 is 1.70 bits per heavy atom. The first kappa shape index (κ1) is 14.9. The van der Waals surface area contributed by atoms with Crippen LogP contribution in [0.3, 0.4) is 0 Å². The number of aryl methyl sites for hydroxylation is 1. The third-order valence-corrected chi connectivity index (χ3v) is 4.55. The molecule has 0 aliphatic rings. The molecule has 2 aromatic carbocycles. The molecule has 0 unspecified atom stereocenters. The van der Waals surface area contributed by atoms with E-state index < -0.39 is 10.0 Å². The van der Waals surface area contributed by atoms with Gasteiger partial charge in [0, 0.05) is 10.7 Å². The minimum atomic E-state index is -3.46. The molecule has 0 heterocycles. The van der Waals surface area contributed by atoms with Gasteiger partial charge in [0.1, 0.15) is 0 Å². The van der Waals surface area contributed by atoms with Crippen molar-refractivity contribution in [2.45, 2.75) is 19.1 Å². The van der Waals surface area contributed by atoms with E-state index in [1.807, 2.05) is 12.1 Å². The largest absolute Gasteiger partial charge is 0.283 e. The molecule has 0 spiro atoms. The predicted molar refractivity (Wildman–Crippen MR) is 83.5 cm³/mol. The van der Waals surface area contributed by atoms with Crippen molar-refractivity contribution in [3.63, 3.8) is 0 Å². The molecular formula is C15H16ClNO2S. The Hall–Kier alpha value is -1.52. The van der Waals surface area contributed by atoms with Crippen LogP contribution in [0, 0.1) is 0 Å². The highest BCUT2D eigenvalue weighted by atomic mass is 35.5. The second-order valence-corrected chi connectivity index (χ2v) is 6.63. The lowest BCUT2D eigenvalue weighted by atomic mass is 10.2. The molecule has 20 heavy (non-hydrogen) atoms. The first-order valence-corrected chi connectivity index (χ1v) is 8.36. The van der Waals surface area contributed by atoms with Gasteiger partial charge in [0.2, 0.25) is 10.0 Å². The van der Waals surface area contributed by atoms with Crippen molar-refractivity contribution >= 4 is 27.3 Å². The van der Waals surface area contributed by atoms with Gasteiger partial charge in [-0.25, -0.2) is 8.42 Å². The fraction of sp³-hybridized carbons (Fsp3) is 0.200. The van der Waals surface area contributed by atoms with E-state index in [0.29, 0.717) is 16.3 Å². The summed E-state index contributed by atoms with van der Waals surface area (Å²) >= 11 is 5.98. The smallest absolute Gasteiger partial charge is 0.236 e. The SMILES string of the molecule is CCc1ccc(NS(=O)(=O)Cc2ccccc2Cl)cc1. The highest BCUT2D eigenvalue weighted by Crippen LogP contribution is 2.19. The van der Waals surface area contributed by atoms with E-state index in [4.69, 9.17) is 11.6 Å². The normalized spacial score (nSPS) is 11.3. The third kappa shape index (κ3) is 3.99. The van der Waals surface area contributed by atoms with Crippen LogP contribution in [0.2, 0.25) is 5.02 Å². The molecule has 0 bridgehead atoms. The molecule has 3 nitrogen and oxygen atoms in total. The average molecular weight is 310 g/mol. The van der Waals surface area contributed by atoms with Crippen LogP contribution in [-0.4, -0.2) is 8.42 Å². The second kappa shape index (κ2) is 6.29. The Bertz CT molecular complexity index is 681. The van der Waals surface area contributed by atoms with Crippen LogP contribution in [0.4, 0.5) is 5.69 Å². The lowest BCUT2D eigenvalue weighted by molar-refractivity contribution is 0.600. The predicted octanol–water partition coefficient (Wildman–Crippen LogP) is 3.84. The molecule has 0 amide bonds. The number of benzene rings is 2. The van der Waals surface area contributed by atoms with Gasteiger partial charge in [-0.15, -0.1) is 0 Å². The van der Waals surface area contributed by atoms with Gasteiger partial charge in [0.15, 0.2) is 0 Å². The highest BCUT2D eigenvalue weighted by Gasteiger charge is 2.13. The van der Waals surface area contributed by atoms with Gasteiger partial charge in [-0.05, 0) is 35.7 Å². The molecule has 0 aromatic heterocycles. The van der Waals surface area contributed by atoms with Crippen molar-refractivity contribution in [1.82, 2.24) is 0 Å². The number of halogens is 1. The zero-order valence-corrected chi connectivity index (χ0v) is 12.7. The fourth-order valence-corrected chi connectivity index (χ4v) is 3.35. The van der Waals surface area contributed by atoms with Crippen LogP contribution in [0.1, 0.15) is 18.1 Å². The van der Waals surface area contributed by atoms with Crippen LogP contribution in [-0.2, 0) is 22.2 Å². The summed E-state index contributed by atoms with van der Waals surface area (Å²) in [5.41, 5.74) is 2.32. The molecule has 0 fully saturated rings. The van der Waals surface area contributed by atoms with Crippen molar-refractivity contribution in [1.29, 1.82) is 0 Å². The van der Waals surface area contributed by atoms with Crippen LogP contribution < -0.4 is 4.72 Å². The molecule has 106 valence electrons. The monoisotopic (exact) mass is 309 g/mol. The molecule has 0 aliphatic carbocycles. The van der Waals surface area contributed by atoms with Crippen molar-refractivity contribution in [2.75, 3.05) is 4.72 Å². The summed E-state index contributed by atoms with van der Waals surface area (Å²) in [5, 5.41) is 0.458. The van der Waals surface area contributed by atoms with Gasteiger partial charge in [-0.3, -0.25) is 4.72 Å². The molecule has 0 aliphatic heterocycles. The van der Waals surface area contributed by atoms with Crippen LogP contribution in [0.25, 0.3) is 0 Å². The van der Waals surface area contributed by atoms with Gasteiger partial charge < -0.3 is 0 Å². The van der Waals surface area contributed by atoms with Gasteiger partial charge in [0.05, 0.1) is 5.75 Å². The Labute approximate surface area is 124 Å². The van der Waals surface area contributed by atoms with E-state index in [1.54, 1.807) is 36.4 Å². The Balaban J connectivity index is 2.13. The standard InChI is InChI=1S/C15H16ClNO2S/c1-2-12-7-9-14(10-8-12)17-20(18,19)11-13-5-3-4-6-15(13)16/h3-10,17H,2,11H2,1H3. The summed E-state index contributed by atoms with van der Waals surface area (Å²) in [6.45, 7) is 2.05. The third-order valence-electron chi connectivity index (χ3n) is 2.94. The molecule has 0 saturated carbocycles. The van der Waals surface area contributed by atoms with Crippen molar-refractivity contribution in [3.05, 3.63) is 64.7 Å². The topological polar surface area (TPSA) is 46.2 Å². The highest BCUT2D eigenvalue weighted by molar-refractivity contribution is 7.91. The lowest BCUT2D eigenvalue weighted by Crippen LogP contribution is -2.15. The summed E-state index contributed by atoms with van der Waals surface area (Å²) in [6, 6.07) is 14.3. The number of sulfonamides is 1. The Morgan fingerprint density at radius 1 is 1.05 bits per heavy atom. The molecule has 1 N–H and O–H groups in total. The van der Waals surface area contributed by atoms with Crippen LogP contribution in [0.15, 0.2) is 48.5 Å². The molecular weight excluding hydrogens is 294 g/mol. The van der Waals surface area contributed by atoms with E-state index in [9.17, 15) is 8.42 Å². The molecule has 0 radical (unpaired) electrons. The average Bonchev–Trinajstić information content (AvgIpc) is 2.41. The van der Waals surface area contributed by atoms with Gasteiger partial charge in [-0.2, -0.15) is 0 Å². The minimum absolute atomic E-state index is 0.137. The zero-order chi connectivity index (χ0) is 14.6. The Morgan fingerprint density at radius 3 is 2.30 bits per heavy atom. The van der Waals surface area contributed by atoms with Gasteiger partial charge in [0.25, 0.3) is 0 Å².